The van der Waals surface area contributed by atoms with E-state index in [2.05, 4.69) is 44.5 Å². The highest BCUT2D eigenvalue weighted by Crippen LogP contribution is 2.24. The van der Waals surface area contributed by atoms with Gasteiger partial charge in [-0.05, 0) is 61.4 Å². The minimum atomic E-state index is 0.117. The molecule has 1 amide bonds. The molecule has 3 rings (SSSR count). The number of rotatable bonds is 13. The summed E-state index contributed by atoms with van der Waals surface area (Å²) in [5.74, 6) is 2.94. The maximum absolute atomic E-state index is 13.5. The van der Waals surface area contributed by atoms with Gasteiger partial charge in [0.1, 0.15) is 5.76 Å². The predicted molar refractivity (Wildman–Crippen MR) is 135 cm³/mol. The van der Waals surface area contributed by atoms with E-state index in [1.807, 2.05) is 35.2 Å². The number of furan rings is 1. The highest BCUT2D eigenvalue weighted by molar-refractivity contribution is 5.97. The van der Waals surface area contributed by atoms with Crippen molar-refractivity contribution < 1.29 is 9.21 Å². The first-order valence-electron chi connectivity index (χ1n) is 12.4. The van der Waals surface area contributed by atoms with Gasteiger partial charge in [-0.15, -0.1) is 0 Å². The molecule has 1 aromatic carbocycles. The fourth-order valence-electron chi connectivity index (χ4n) is 3.84. The molecule has 6 heteroatoms. The summed E-state index contributed by atoms with van der Waals surface area (Å²) >= 11 is 0. The van der Waals surface area contributed by atoms with Crippen LogP contribution in [0.15, 0.2) is 41.0 Å². The number of nitrogens with zero attached hydrogens (tertiary/aromatic N) is 3. The monoisotopic (exact) mass is 452 g/mol. The van der Waals surface area contributed by atoms with Crippen molar-refractivity contribution in [3.05, 3.63) is 47.9 Å². The van der Waals surface area contributed by atoms with E-state index in [1.165, 1.54) is 0 Å². The summed E-state index contributed by atoms with van der Waals surface area (Å²) in [6.07, 6.45) is 5.85. The molecular formula is C27H40N4O2. The molecule has 3 aromatic rings. The van der Waals surface area contributed by atoms with Crippen LogP contribution in [0.2, 0.25) is 0 Å². The van der Waals surface area contributed by atoms with Crippen molar-refractivity contribution in [2.24, 2.45) is 11.8 Å². The summed E-state index contributed by atoms with van der Waals surface area (Å²) in [6, 6.07) is 9.77. The van der Waals surface area contributed by atoms with E-state index in [1.54, 1.807) is 6.26 Å². The Balaban J connectivity index is 1.87. The van der Waals surface area contributed by atoms with Crippen LogP contribution in [0.25, 0.3) is 11.0 Å². The fourth-order valence-corrected chi connectivity index (χ4v) is 3.84. The number of amides is 1. The number of hydrogen-bond donors (Lipinski definition) is 1. The van der Waals surface area contributed by atoms with E-state index in [-0.39, 0.29) is 5.91 Å². The van der Waals surface area contributed by atoms with Crippen LogP contribution in [-0.2, 0) is 13.1 Å². The van der Waals surface area contributed by atoms with Crippen molar-refractivity contribution in [3.8, 4) is 0 Å². The Hall–Kier alpha value is -2.76. The number of unbranched alkanes of at least 4 members (excludes halogenated alkanes) is 1. The van der Waals surface area contributed by atoms with Crippen molar-refractivity contribution in [2.45, 2.75) is 73.4 Å². The third-order valence-electron chi connectivity index (χ3n) is 5.97. The summed E-state index contributed by atoms with van der Waals surface area (Å²) in [4.78, 5) is 20.3. The van der Waals surface area contributed by atoms with Gasteiger partial charge in [-0.2, -0.15) is 0 Å². The summed E-state index contributed by atoms with van der Waals surface area (Å²) in [5.41, 5.74) is 2.65. The maximum Gasteiger partial charge on any atom is 0.253 e. The number of aryl methyl sites for hydroxylation is 1. The molecule has 6 nitrogen and oxygen atoms in total. The van der Waals surface area contributed by atoms with E-state index in [0.717, 1.165) is 73.6 Å². The average Bonchev–Trinajstić information content (AvgIpc) is 3.42. The SMILES string of the molecule is CCCCn1c(NCc2ccco2)nc2ccc(C(=O)N(CCC(C)C)CCC(C)C)cc21. The second-order valence-corrected chi connectivity index (χ2v) is 9.73. The number of carbonyl (C=O) groups is 1. The Morgan fingerprint density at radius 2 is 1.85 bits per heavy atom. The molecule has 0 radical (unpaired) electrons. The van der Waals surface area contributed by atoms with Crippen LogP contribution in [0.4, 0.5) is 5.95 Å². The lowest BCUT2D eigenvalue weighted by Crippen LogP contribution is -2.34. The minimum absolute atomic E-state index is 0.117. The summed E-state index contributed by atoms with van der Waals surface area (Å²) in [7, 11) is 0. The predicted octanol–water partition coefficient (Wildman–Crippen LogP) is 6.58. The average molecular weight is 453 g/mol. The number of fused-ring (bicyclic) bond motifs is 1. The van der Waals surface area contributed by atoms with Gasteiger partial charge in [0.2, 0.25) is 5.95 Å². The quantitative estimate of drug-likeness (QED) is 0.318. The van der Waals surface area contributed by atoms with Gasteiger partial charge in [0, 0.05) is 25.2 Å². The zero-order valence-electron chi connectivity index (χ0n) is 20.9. The molecule has 0 unspecified atom stereocenters. The molecule has 0 aliphatic heterocycles. The second-order valence-electron chi connectivity index (χ2n) is 9.73. The van der Waals surface area contributed by atoms with Gasteiger partial charge >= 0.3 is 0 Å². The van der Waals surface area contributed by atoms with Crippen LogP contribution >= 0.6 is 0 Å². The van der Waals surface area contributed by atoms with Crippen molar-refractivity contribution in [2.75, 3.05) is 18.4 Å². The van der Waals surface area contributed by atoms with Gasteiger partial charge in [-0.3, -0.25) is 4.79 Å². The third kappa shape index (κ3) is 6.86. The Morgan fingerprint density at radius 3 is 2.45 bits per heavy atom. The van der Waals surface area contributed by atoms with Gasteiger partial charge in [0.05, 0.1) is 23.8 Å². The topological polar surface area (TPSA) is 63.3 Å². The van der Waals surface area contributed by atoms with Crippen molar-refractivity contribution >= 4 is 22.9 Å². The molecule has 180 valence electrons. The fraction of sp³-hybridized carbons (Fsp3) is 0.556. The zero-order valence-corrected chi connectivity index (χ0v) is 20.9. The molecule has 0 saturated heterocycles. The van der Waals surface area contributed by atoms with Crippen LogP contribution in [0.3, 0.4) is 0 Å². The standard InChI is InChI=1S/C27H40N4O2/c1-6-7-14-31-25-18-22(26(32)30(15-12-20(2)3)16-13-21(4)5)10-11-24(25)29-27(31)28-19-23-9-8-17-33-23/h8-11,17-18,20-21H,6-7,12-16,19H2,1-5H3,(H,28,29). The zero-order chi connectivity index (χ0) is 23.8. The van der Waals surface area contributed by atoms with E-state index in [9.17, 15) is 4.79 Å². The number of aromatic nitrogens is 2. The first kappa shape index (κ1) is 24.9. The first-order valence-corrected chi connectivity index (χ1v) is 12.4. The van der Waals surface area contributed by atoms with Gasteiger partial charge in [-0.25, -0.2) is 4.98 Å². The molecule has 0 fully saturated rings. The molecule has 0 bridgehead atoms. The van der Waals surface area contributed by atoms with Crippen LogP contribution in [0.1, 0.15) is 76.4 Å². The van der Waals surface area contributed by atoms with Crippen molar-refractivity contribution in [3.63, 3.8) is 0 Å². The summed E-state index contributed by atoms with van der Waals surface area (Å²) in [5, 5.41) is 3.41. The number of anilines is 1. The van der Waals surface area contributed by atoms with Crippen LogP contribution in [0, 0.1) is 11.8 Å². The molecular weight excluding hydrogens is 412 g/mol. The third-order valence-corrected chi connectivity index (χ3v) is 5.97. The summed E-state index contributed by atoms with van der Waals surface area (Å²) in [6.45, 7) is 14.1. The minimum Gasteiger partial charge on any atom is -0.467 e. The molecule has 2 aromatic heterocycles. The maximum atomic E-state index is 13.5. The largest absolute Gasteiger partial charge is 0.467 e. The van der Waals surface area contributed by atoms with E-state index >= 15 is 0 Å². The molecule has 0 aliphatic rings. The second kappa shape index (κ2) is 11.9. The molecule has 0 aliphatic carbocycles. The number of hydrogen-bond acceptors (Lipinski definition) is 4. The van der Waals surface area contributed by atoms with Crippen LogP contribution in [0.5, 0.6) is 0 Å². The Morgan fingerprint density at radius 1 is 1.12 bits per heavy atom. The van der Waals surface area contributed by atoms with Crippen molar-refractivity contribution in [1.29, 1.82) is 0 Å². The number of carbonyl (C=O) groups excluding carboxylic acids is 1. The highest BCUT2D eigenvalue weighted by atomic mass is 16.3. The van der Waals surface area contributed by atoms with E-state index < -0.39 is 0 Å². The molecule has 0 spiro atoms. The Bertz CT molecular complexity index is 993. The molecule has 2 heterocycles. The van der Waals surface area contributed by atoms with Crippen molar-refractivity contribution in [1.82, 2.24) is 14.5 Å². The van der Waals surface area contributed by atoms with E-state index in [4.69, 9.17) is 9.40 Å². The van der Waals surface area contributed by atoms with Gasteiger partial charge in [0.15, 0.2) is 0 Å². The molecule has 0 saturated carbocycles. The first-order chi connectivity index (χ1) is 15.9. The lowest BCUT2D eigenvalue weighted by Gasteiger charge is -2.24. The van der Waals surface area contributed by atoms with Gasteiger partial charge < -0.3 is 19.2 Å². The van der Waals surface area contributed by atoms with Crippen LogP contribution < -0.4 is 5.32 Å². The summed E-state index contributed by atoms with van der Waals surface area (Å²) < 4.78 is 7.66. The normalized spacial score (nSPS) is 11.6. The van der Waals surface area contributed by atoms with Gasteiger partial charge in [-0.1, -0.05) is 41.0 Å². The Kier molecular flexibility index (Phi) is 8.98. The number of benzene rings is 1. The van der Waals surface area contributed by atoms with E-state index in [0.29, 0.717) is 18.4 Å². The smallest absolute Gasteiger partial charge is 0.253 e. The number of nitrogens with one attached hydrogen (secondary N) is 1. The molecule has 33 heavy (non-hydrogen) atoms. The highest BCUT2D eigenvalue weighted by Gasteiger charge is 2.19. The van der Waals surface area contributed by atoms with Crippen LogP contribution in [-0.4, -0.2) is 33.4 Å². The van der Waals surface area contributed by atoms with Gasteiger partial charge in [0.25, 0.3) is 5.91 Å². The molecule has 0 atom stereocenters. The molecule has 1 N–H and O–H groups in total. The number of imidazole rings is 1. The lowest BCUT2D eigenvalue weighted by atomic mass is 10.1. The lowest BCUT2D eigenvalue weighted by molar-refractivity contribution is 0.0741. The Labute approximate surface area is 198 Å².